The number of aryl methyl sites for hydroxylation is 1. The van der Waals surface area contributed by atoms with Crippen molar-refractivity contribution >= 4 is 16.5 Å². The van der Waals surface area contributed by atoms with Crippen LogP contribution in [0.3, 0.4) is 0 Å². The van der Waals surface area contributed by atoms with Crippen LogP contribution in [-0.2, 0) is 12.8 Å². The number of nitriles is 1. The molecule has 3 nitrogen and oxygen atoms in total. The molecule has 0 aliphatic heterocycles. The molecule has 3 heteroatoms. The van der Waals surface area contributed by atoms with Gasteiger partial charge in [0.2, 0.25) is 0 Å². The third-order valence-corrected chi connectivity index (χ3v) is 3.60. The Kier molecular flexibility index (Phi) is 3.62. The first-order valence-electron chi connectivity index (χ1n) is 6.48. The second-order valence-corrected chi connectivity index (χ2v) is 4.48. The van der Waals surface area contributed by atoms with Crippen LogP contribution in [-0.4, -0.2) is 7.11 Å². The minimum absolute atomic E-state index is 0.578. The summed E-state index contributed by atoms with van der Waals surface area (Å²) in [5.41, 5.74) is 9.61. The van der Waals surface area contributed by atoms with Crippen LogP contribution in [0.4, 0.5) is 5.69 Å². The Hall–Kier alpha value is -2.21. The topological polar surface area (TPSA) is 59.0 Å². The van der Waals surface area contributed by atoms with E-state index in [0.29, 0.717) is 11.3 Å². The molecule has 0 aliphatic carbocycles. The minimum Gasteiger partial charge on any atom is -0.497 e. The number of nitrogens with zero attached hydrogens (tertiary/aromatic N) is 1. The summed E-state index contributed by atoms with van der Waals surface area (Å²) in [4.78, 5) is 0. The van der Waals surface area contributed by atoms with Gasteiger partial charge in [0.1, 0.15) is 11.8 Å². The van der Waals surface area contributed by atoms with Crippen molar-refractivity contribution in [2.24, 2.45) is 0 Å². The normalized spacial score (nSPS) is 10.4. The van der Waals surface area contributed by atoms with Gasteiger partial charge in [-0.2, -0.15) is 5.26 Å². The van der Waals surface area contributed by atoms with Crippen molar-refractivity contribution < 1.29 is 4.74 Å². The highest BCUT2D eigenvalue weighted by Gasteiger charge is 2.16. The number of nitrogens with two attached hydrogens (primary N) is 1. The number of hydrogen-bond acceptors (Lipinski definition) is 3. The molecule has 2 rings (SSSR count). The second kappa shape index (κ2) is 5.19. The van der Waals surface area contributed by atoms with E-state index in [9.17, 15) is 5.26 Å². The molecule has 0 radical (unpaired) electrons. The van der Waals surface area contributed by atoms with Crippen molar-refractivity contribution in [3.8, 4) is 11.8 Å². The Balaban J connectivity index is 2.96. The third kappa shape index (κ3) is 2.00. The van der Waals surface area contributed by atoms with Gasteiger partial charge in [0.15, 0.2) is 0 Å². The molecule has 0 aromatic heterocycles. The summed E-state index contributed by atoms with van der Waals surface area (Å²) in [6.45, 7) is 4.16. The maximum atomic E-state index is 9.36. The van der Waals surface area contributed by atoms with Crippen LogP contribution >= 0.6 is 0 Å². The third-order valence-electron chi connectivity index (χ3n) is 3.60. The first kappa shape index (κ1) is 13.2. The van der Waals surface area contributed by atoms with Gasteiger partial charge >= 0.3 is 0 Å². The first-order chi connectivity index (χ1) is 9.17. The summed E-state index contributed by atoms with van der Waals surface area (Å²) in [6, 6.07) is 8.07. The highest BCUT2D eigenvalue weighted by Crippen LogP contribution is 2.35. The number of rotatable bonds is 3. The van der Waals surface area contributed by atoms with Crippen molar-refractivity contribution in [1.29, 1.82) is 5.26 Å². The summed E-state index contributed by atoms with van der Waals surface area (Å²) in [6.07, 6.45) is 1.69. The van der Waals surface area contributed by atoms with Crippen molar-refractivity contribution in [1.82, 2.24) is 0 Å². The van der Waals surface area contributed by atoms with Gasteiger partial charge in [0, 0.05) is 5.39 Å². The van der Waals surface area contributed by atoms with E-state index in [1.165, 1.54) is 5.56 Å². The predicted octanol–water partition coefficient (Wildman–Crippen LogP) is 3.43. The first-order valence-corrected chi connectivity index (χ1v) is 6.48. The van der Waals surface area contributed by atoms with Crippen LogP contribution in [0.25, 0.3) is 10.8 Å². The maximum absolute atomic E-state index is 9.36. The standard InChI is InChI=1S/C16H18N2O/c1-4-11-12(5-2)15(9-17)16(18)13-7-6-10(19-3)8-14(11)13/h6-8H,4-5,18H2,1-3H3. The van der Waals surface area contributed by atoms with Crippen LogP contribution in [0.2, 0.25) is 0 Å². The second-order valence-electron chi connectivity index (χ2n) is 4.48. The molecule has 0 saturated carbocycles. The van der Waals surface area contributed by atoms with Gasteiger partial charge in [-0.25, -0.2) is 0 Å². The van der Waals surface area contributed by atoms with Crippen molar-refractivity contribution in [3.05, 3.63) is 34.9 Å². The Morgan fingerprint density at radius 1 is 1.16 bits per heavy atom. The van der Waals surface area contributed by atoms with E-state index in [-0.39, 0.29) is 0 Å². The summed E-state index contributed by atoms with van der Waals surface area (Å²) in [5.74, 6) is 0.813. The van der Waals surface area contributed by atoms with Gasteiger partial charge in [-0.05, 0) is 47.6 Å². The van der Waals surface area contributed by atoms with Crippen molar-refractivity contribution in [3.63, 3.8) is 0 Å². The van der Waals surface area contributed by atoms with E-state index in [1.54, 1.807) is 7.11 Å². The van der Waals surface area contributed by atoms with Crippen LogP contribution < -0.4 is 10.5 Å². The zero-order chi connectivity index (χ0) is 14.0. The molecule has 0 fully saturated rings. The fourth-order valence-corrected chi connectivity index (χ4v) is 2.67. The van der Waals surface area contributed by atoms with Gasteiger partial charge < -0.3 is 10.5 Å². The fourth-order valence-electron chi connectivity index (χ4n) is 2.67. The Bertz CT molecular complexity index is 669. The average molecular weight is 254 g/mol. The highest BCUT2D eigenvalue weighted by atomic mass is 16.5. The quantitative estimate of drug-likeness (QED) is 0.854. The number of hydrogen-bond donors (Lipinski definition) is 1. The van der Waals surface area contributed by atoms with Gasteiger partial charge in [-0.3, -0.25) is 0 Å². The molecule has 2 N–H and O–H groups in total. The van der Waals surface area contributed by atoms with Crippen molar-refractivity contribution in [2.45, 2.75) is 26.7 Å². The van der Waals surface area contributed by atoms with Crippen molar-refractivity contribution in [2.75, 3.05) is 12.8 Å². The average Bonchev–Trinajstić information content (AvgIpc) is 2.46. The lowest BCUT2D eigenvalue weighted by atomic mass is 9.90. The lowest BCUT2D eigenvalue weighted by Gasteiger charge is -2.16. The zero-order valence-corrected chi connectivity index (χ0v) is 11.6. The van der Waals surface area contributed by atoms with Gasteiger partial charge in [-0.1, -0.05) is 13.8 Å². The molecule has 0 spiro atoms. The van der Waals surface area contributed by atoms with Gasteiger partial charge in [0.25, 0.3) is 0 Å². The van der Waals surface area contributed by atoms with E-state index >= 15 is 0 Å². The number of ether oxygens (including phenoxy) is 1. The number of nitrogen functional groups attached to an aromatic ring is 1. The Labute approximate surface area is 113 Å². The van der Waals surface area contributed by atoms with Gasteiger partial charge in [-0.15, -0.1) is 0 Å². The summed E-state index contributed by atoms with van der Waals surface area (Å²) >= 11 is 0. The van der Waals surface area contributed by atoms with Gasteiger partial charge in [0.05, 0.1) is 18.4 Å². The maximum Gasteiger partial charge on any atom is 0.119 e. The van der Waals surface area contributed by atoms with Crippen LogP contribution in [0.5, 0.6) is 5.75 Å². The predicted molar refractivity (Wildman–Crippen MR) is 78.4 cm³/mol. The smallest absolute Gasteiger partial charge is 0.119 e. The molecule has 19 heavy (non-hydrogen) atoms. The molecule has 0 heterocycles. The molecule has 0 bridgehead atoms. The largest absolute Gasteiger partial charge is 0.497 e. The van der Waals surface area contributed by atoms with E-state index in [4.69, 9.17) is 10.5 Å². The molecular weight excluding hydrogens is 236 g/mol. The summed E-state index contributed by atoms with van der Waals surface area (Å²) in [7, 11) is 1.65. The van der Waals surface area contributed by atoms with E-state index in [2.05, 4.69) is 19.9 Å². The Morgan fingerprint density at radius 3 is 2.37 bits per heavy atom. The molecule has 0 aliphatic rings. The Morgan fingerprint density at radius 2 is 1.84 bits per heavy atom. The number of benzene rings is 2. The van der Waals surface area contributed by atoms with Crippen LogP contribution in [0.1, 0.15) is 30.5 Å². The summed E-state index contributed by atoms with van der Waals surface area (Å²) < 4.78 is 5.29. The van der Waals surface area contributed by atoms with Crippen LogP contribution in [0, 0.1) is 11.3 Å². The van der Waals surface area contributed by atoms with E-state index < -0.39 is 0 Å². The molecule has 2 aromatic carbocycles. The highest BCUT2D eigenvalue weighted by molar-refractivity contribution is 5.99. The van der Waals surface area contributed by atoms with Crippen LogP contribution in [0.15, 0.2) is 18.2 Å². The minimum atomic E-state index is 0.578. The number of methoxy groups -OCH3 is 1. The summed E-state index contributed by atoms with van der Waals surface area (Å²) in [5, 5.41) is 11.4. The van der Waals surface area contributed by atoms with E-state index in [1.807, 2.05) is 18.2 Å². The lowest BCUT2D eigenvalue weighted by Crippen LogP contribution is -2.03. The number of fused-ring (bicyclic) bond motifs is 1. The molecule has 0 atom stereocenters. The lowest BCUT2D eigenvalue weighted by molar-refractivity contribution is 0.415. The fraction of sp³-hybridized carbons (Fsp3) is 0.312. The molecule has 98 valence electrons. The molecule has 0 saturated heterocycles. The molecule has 0 amide bonds. The molecule has 2 aromatic rings. The monoisotopic (exact) mass is 254 g/mol. The molecule has 0 unspecified atom stereocenters. The zero-order valence-electron chi connectivity index (χ0n) is 11.6. The number of anilines is 1. The molecular formula is C16H18N2O. The SMILES string of the molecule is CCc1c(C#N)c(N)c2ccc(OC)cc2c1CC. The van der Waals surface area contributed by atoms with E-state index in [0.717, 1.165) is 34.9 Å².